The zero-order chi connectivity index (χ0) is 17.0. The molecule has 0 unspecified atom stereocenters. The number of amides is 2. The van der Waals surface area contributed by atoms with E-state index in [2.05, 4.69) is 26.6 Å². The minimum Gasteiger partial charge on any atom is -0.490 e. The van der Waals surface area contributed by atoms with Crippen LogP contribution >= 0.6 is 28.1 Å². The molecule has 2 rings (SSSR count). The van der Waals surface area contributed by atoms with Crippen molar-refractivity contribution in [3.63, 3.8) is 0 Å². The van der Waals surface area contributed by atoms with Crippen LogP contribution in [0.4, 0.5) is 0 Å². The summed E-state index contributed by atoms with van der Waals surface area (Å²) in [6.45, 7) is 4.68. The van der Waals surface area contributed by atoms with E-state index in [4.69, 9.17) is 21.7 Å². The average Bonchev–Trinajstić information content (AvgIpc) is 2.47. The van der Waals surface area contributed by atoms with Crippen LogP contribution in [-0.4, -0.2) is 30.1 Å². The molecule has 1 aliphatic rings. The van der Waals surface area contributed by atoms with Crippen LogP contribution in [0.1, 0.15) is 19.4 Å². The number of benzene rings is 1. The summed E-state index contributed by atoms with van der Waals surface area (Å²) in [5, 5.41) is 4.78. The van der Waals surface area contributed by atoms with Gasteiger partial charge in [0.2, 0.25) is 0 Å². The van der Waals surface area contributed by atoms with E-state index in [0.717, 1.165) is 0 Å². The van der Waals surface area contributed by atoms with Gasteiger partial charge in [0.25, 0.3) is 11.8 Å². The van der Waals surface area contributed by atoms with Crippen molar-refractivity contribution in [3.05, 3.63) is 27.7 Å². The predicted octanol–water partition coefficient (Wildman–Crippen LogP) is 2.16. The van der Waals surface area contributed by atoms with E-state index in [1.165, 1.54) is 6.08 Å². The van der Waals surface area contributed by atoms with E-state index in [0.29, 0.717) is 34.7 Å². The lowest BCUT2D eigenvalue weighted by Gasteiger charge is -2.17. The molecule has 0 radical (unpaired) electrons. The lowest BCUT2D eigenvalue weighted by Crippen LogP contribution is -2.51. The normalized spacial score (nSPS) is 14.2. The molecule has 1 aliphatic heterocycles. The monoisotopic (exact) mass is 398 g/mol. The highest BCUT2D eigenvalue weighted by Crippen LogP contribution is 2.37. The van der Waals surface area contributed by atoms with Crippen LogP contribution in [0.15, 0.2) is 22.2 Å². The minimum atomic E-state index is -0.540. The number of hydrogen-bond acceptors (Lipinski definition) is 5. The molecular formula is C15H15BrN2O4S. The molecule has 2 N–H and O–H groups in total. The molecule has 0 atom stereocenters. The molecule has 0 aliphatic carbocycles. The molecule has 122 valence electrons. The van der Waals surface area contributed by atoms with E-state index in [-0.39, 0.29) is 10.7 Å². The third-order valence-corrected chi connectivity index (χ3v) is 3.67. The van der Waals surface area contributed by atoms with Crippen LogP contribution in [0.5, 0.6) is 11.5 Å². The summed E-state index contributed by atoms with van der Waals surface area (Å²) in [4.78, 5) is 23.8. The molecule has 0 saturated carbocycles. The van der Waals surface area contributed by atoms with Crippen molar-refractivity contribution in [1.29, 1.82) is 0 Å². The van der Waals surface area contributed by atoms with E-state index >= 15 is 0 Å². The van der Waals surface area contributed by atoms with Crippen LogP contribution in [0.25, 0.3) is 6.08 Å². The first kappa shape index (κ1) is 17.4. The van der Waals surface area contributed by atoms with Crippen molar-refractivity contribution < 1.29 is 19.1 Å². The van der Waals surface area contributed by atoms with Crippen LogP contribution in [0, 0.1) is 0 Å². The van der Waals surface area contributed by atoms with Crippen LogP contribution in [-0.2, 0) is 9.59 Å². The summed E-state index contributed by atoms with van der Waals surface area (Å²) in [5.74, 6) is 0.0291. The highest BCUT2D eigenvalue weighted by molar-refractivity contribution is 9.10. The highest BCUT2D eigenvalue weighted by Gasteiger charge is 2.26. The second kappa shape index (κ2) is 7.56. The van der Waals surface area contributed by atoms with Crippen molar-refractivity contribution in [1.82, 2.24) is 10.6 Å². The van der Waals surface area contributed by atoms with Crippen molar-refractivity contribution >= 4 is 51.2 Å². The largest absolute Gasteiger partial charge is 0.490 e. The van der Waals surface area contributed by atoms with E-state index in [1.807, 2.05) is 13.8 Å². The molecule has 0 aromatic heterocycles. The Morgan fingerprint density at radius 3 is 2.30 bits per heavy atom. The second-order valence-electron chi connectivity index (χ2n) is 4.49. The maximum absolute atomic E-state index is 11.9. The van der Waals surface area contributed by atoms with Crippen molar-refractivity contribution in [2.24, 2.45) is 0 Å². The first-order chi connectivity index (χ1) is 11.0. The molecule has 0 bridgehead atoms. The lowest BCUT2D eigenvalue weighted by molar-refractivity contribution is -0.123. The molecule has 6 nitrogen and oxygen atoms in total. The standard InChI is InChI=1S/C15H15BrN2O4S/c1-3-21-11-7-8(6-10(16)12(11)22-4-2)5-9-13(19)17-15(23)18-14(9)20/h5-7H,3-4H2,1-2H3,(H2,17,18,19,20,23). The van der Waals surface area contributed by atoms with Gasteiger partial charge >= 0.3 is 0 Å². The maximum Gasteiger partial charge on any atom is 0.263 e. The molecular weight excluding hydrogens is 384 g/mol. The Bertz CT molecular complexity index is 681. The van der Waals surface area contributed by atoms with Gasteiger partial charge in [-0.3, -0.25) is 20.2 Å². The number of ether oxygens (including phenoxy) is 2. The van der Waals surface area contributed by atoms with Crippen molar-refractivity contribution in [2.75, 3.05) is 13.2 Å². The fourth-order valence-corrected chi connectivity index (χ4v) is 2.75. The number of carbonyl (C=O) groups is 2. The molecule has 23 heavy (non-hydrogen) atoms. The molecule has 1 aromatic rings. The van der Waals surface area contributed by atoms with Gasteiger partial charge in [-0.15, -0.1) is 0 Å². The number of hydrogen-bond donors (Lipinski definition) is 2. The summed E-state index contributed by atoms with van der Waals surface area (Å²) in [5.41, 5.74) is 0.592. The molecule has 1 heterocycles. The lowest BCUT2D eigenvalue weighted by atomic mass is 10.1. The molecule has 1 aromatic carbocycles. The fraction of sp³-hybridized carbons (Fsp3) is 0.267. The van der Waals surface area contributed by atoms with Gasteiger partial charge in [0.1, 0.15) is 5.57 Å². The zero-order valence-electron chi connectivity index (χ0n) is 12.6. The van der Waals surface area contributed by atoms with E-state index in [9.17, 15) is 9.59 Å². The van der Waals surface area contributed by atoms with Gasteiger partial charge in [-0.1, -0.05) is 0 Å². The van der Waals surface area contributed by atoms with Crippen molar-refractivity contribution in [2.45, 2.75) is 13.8 Å². The van der Waals surface area contributed by atoms with Crippen LogP contribution in [0.2, 0.25) is 0 Å². The quantitative estimate of drug-likeness (QED) is 0.451. The molecule has 1 fully saturated rings. The summed E-state index contributed by atoms with van der Waals surface area (Å²) in [6.07, 6.45) is 1.47. The average molecular weight is 399 g/mol. The van der Waals surface area contributed by atoms with Crippen molar-refractivity contribution in [3.8, 4) is 11.5 Å². The smallest absolute Gasteiger partial charge is 0.263 e. The van der Waals surface area contributed by atoms with Gasteiger partial charge in [0, 0.05) is 0 Å². The van der Waals surface area contributed by atoms with E-state index in [1.54, 1.807) is 12.1 Å². The zero-order valence-corrected chi connectivity index (χ0v) is 15.0. The SMILES string of the molecule is CCOc1cc(C=C2C(=O)NC(=S)NC2=O)cc(Br)c1OCC. The van der Waals surface area contributed by atoms with Gasteiger partial charge in [0.15, 0.2) is 16.6 Å². The molecule has 1 saturated heterocycles. The Kier molecular flexibility index (Phi) is 5.73. The molecule has 0 spiro atoms. The third kappa shape index (κ3) is 4.08. The number of rotatable bonds is 5. The summed E-state index contributed by atoms with van der Waals surface area (Å²) in [7, 11) is 0. The fourth-order valence-electron chi connectivity index (χ4n) is 1.99. The van der Waals surface area contributed by atoms with Gasteiger partial charge < -0.3 is 9.47 Å². The van der Waals surface area contributed by atoms with Crippen LogP contribution in [0.3, 0.4) is 0 Å². The van der Waals surface area contributed by atoms with Gasteiger partial charge in [-0.2, -0.15) is 0 Å². The Labute approximate surface area is 147 Å². The number of halogens is 1. The highest BCUT2D eigenvalue weighted by atomic mass is 79.9. The first-order valence-electron chi connectivity index (χ1n) is 6.93. The minimum absolute atomic E-state index is 0.0000274. The summed E-state index contributed by atoms with van der Waals surface area (Å²) < 4.78 is 11.8. The van der Waals surface area contributed by atoms with Gasteiger partial charge in [-0.25, -0.2) is 0 Å². The summed E-state index contributed by atoms with van der Waals surface area (Å²) in [6, 6.07) is 3.45. The Hall–Kier alpha value is -1.93. The maximum atomic E-state index is 11.9. The van der Waals surface area contributed by atoms with E-state index < -0.39 is 11.8 Å². The topological polar surface area (TPSA) is 76.7 Å². The number of thiocarbonyl (C=S) groups is 1. The first-order valence-corrected chi connectivity index (χ1v) is 8.13. The third-order valence-electron chi connectivity index (χ3n) is 2.87. The summed E-state index contributed by atoms with van der Waals surface area (Å²) >= 11 is 8.18. The predicted molar refractivity (Wildman–Crippen MR) is 93.3 cm³/mol. The Morgan fingerprint density at radius 1 is 1.13 bits per heavy atom. The van der Waals surface area contributed by atoms with Gasteiger partial charge in [0.05, 0.1) is 17.7 Å². The van der Waals surface area contributed by atoms with Gasteiger partial charge in [-0.05, 0) is 65.8 Å². The number of carbonyl (C=O) groups excluding carboxylic acids is 2. The second-order valence-corrected chi connectivity index (χ2v) is 5.75. The molecule has 2 amide bonds. The molecule has 8 heteroatoms. The number of nitrogens with one attached hydrogen (secondary N) is 2. The Morgan fingerprint density at radius 2 is 1.74 bits per heavy atom. The Balaban J connectivity index is 2.43. The van der Waals surface area contributed by atoms with Crippen LogP contribution < -0.4 is 20.1 Å².